The second-order valence-corrected chi connectivity index (χ2v) is 8.77. The number of non-ortho nitro benzene ring substituents is 1. The quantitative estimate of drug-likeness (QED) is 0.263. The maximum absolute atomic E-state index is 14.5. The van der Waals surface area contributed by atoms with E-state index in [9.17, 15) is 47.5 Å². The average Bonchev–Trinajstić information content (AvgIpc) is 2.73. The number of benzene rings is 2. The number of likely N-dealkylation sites (tertiary alicyclic amines) is 1. The molecule has 2 aromatic carbocycles. The van der Waals surface area contributed by atoms with Gasteiger partial charge in [0.1, 0.15) is 30.0 Å². The number of alkyl halides is 3. The average molecular weight is 485 g/mol. The van der Waals surface area contributed by atoms with Gasteiger partial charge in [0.15, 0.2) is 0 Å². The molecule has 0 spiro atoms. The Morgan fingerprint density at radius 2 is 1.79 bits per heavy atom. The van der Waals surface area contributed by atoms with Crippen LogP contribution in [0.15, 0.2) is 42.5 Å². The van der Waals surface area contributed by atoms with Crippen LogP contribution in [0.2, 0.25) is 0 Å². The lowest BCUT2D eigenvalue weighted by Crippen LogP contribution is -2.65. The maximum Gasteiger partial charge on any atom is 0.518 e. The van der Waals surface area contributed by atoms with Crippen LogP contribution in [0, 0.1) is 21.3 Å². The summed E-state index contributed by atoms with van der Waals surface area (Å²) < 4.78 is 51.6. The summed E-state index contributed by atoms with van der Waals surface area (Å²) in [6.45, 7) is 0.728. The summed E-state index contributed by atoms with van der Waals surface area (Å²) in [4.78, 5) is 34.9. The van der Waals surface area contributed by atoms with Gasteiger partial charge in [-0.1, -0.05) is 12.1 Å². The van der Waals surface area contributed by atoms with Crippen molar-refractivity contribution < 1.29 is 42.3 Å². The number of carboxylic acid groups (broad SMARTS) is 2. The third-order valence-electron chi connectivity index (χ3n) is 6.22. The summed E-state index contributed by atoms with van der Waals surface area (Å²) in [5.41, 5.74) is -2.21. The van der Waals surface area contributed by atoms with Gasteiger partial charge >= 0.3 is 18.2 Å². The van der Waals surface area contributed by atoms with Gasteiger partial charge in [-0.3, -0.25) is 14.9 Å². The fourth-order valence-corrected chi connectivity index (χ4v) is 4.58. The molecule has 1 aliphatic heterocycles. The summed E-state index contributed by atoms with van der Waals surface area (Å²) in [5, 5.41) is 31.0. The van der Waals surface area contributed by atoms with Gasteiger partial charge < -0.3 is 10.2 Å². The molecular formula is C22H21F4N2O6+. The molecule has 0 bridgehead atoms. The summed E-state index contributed by atoms with van der Waals surface area (Å²) >= 11 is 0. The Morgan fingerprint density at radius 1 is 1.18 bits per heavy atom. The Bertz CT molecular complexity index is 1140. The van der Waals surface area contributed by atoms with E-state index in [1.807, 2.05) is 0 Å². The number of nitro groups is 1. The van der Waals surface area contributed by atoms with E-state index in [2.05, 4.69) is 0 Å². The van der Waals surface area contributed by atoms with Crippen molar-refractivity contribution >= 4 is 23.4 Å². The number of hydrogen-bond donors (Lipinski definition) is 2. The van der Waals surface area contributed by atoms with Crippen molar-refractivity contribution in [3.05, 3.63) is 69.5 Å². The Morgan fingerprint density at radius 3 is 2.26 bits per heavy atom. The first-order valence-corrected chi connectivity index (χ1v) is 10.1. The van der Waals surface area contributed by atoms with Crippen LogP contribution < -0.4 is 4.48 Å². The highest BCUT2D eigenvalue weighted by Crippen LogP contribution is 2.45. The molecular weight excluding hydrogens is 464 g/mol. The van der Waals surface area contributed by atoms with E-state index < -0.39 is 56.8 Å². The van der Waals surface area contributed by atoms with E-state index in [0.717, 1.165) is 24.3 Å². The van der Waals surface area contributed by atoms with Crippen LogP contribution >= 0.6 is 0 Å². The molecule has 1 heterocycles. The number of rotatable bonds is 5. The van der Waals surface area contributed by atoms with Crippen LogP contribution in [0.1, 0.15) is 30.4 Å². The molecule has 0 radical (unpaired) electrons. The van der Waals surface area contributed by atoms with E-state index >= 15 is 0 Å². The van der Waals surface area contributed by atoms with E-state index in [1.165, 1.54) is 25.1 Å². The SMILES string of the molecule is CC1(C(=O)O)CC(c2ccc(CC(F)(F)F)c(F)c2)C[N+](C(=O)O)(c2ccc([N+](=O)[O-])cc2)C1. The number of halogens is 4. The van der Waals surface area contributed by atoms with Crippen molar-refractivity contribution in [1.29, 1.82) is 0 Å². The van der Waals surface area contributed by atoms with Crippen LogP contribution in [0.4, 0.5) is 33.7 Å². The molecule has 1 amide bonds. The molecule has 1 aliphatic rings. The number of carbonyl (C=O) groups is 2. The second-order valence-electron chi connectivity index (χ2n) is 8.77. The minimum atomic E-state index is -4.62. The molecule has 1 fully saturated rings. The monoisotopic (exact) mass is 485 g/mol. The lowest BCUT2D eigenvalue weighted by Gasteiger charge is -2.45. The van der Waals surface area contributed by atoms with Crippen molar-refractivity contribution in [3.8, 4) is 0 Å². The predicted molar refractivity (Wildman–Crippen MR) is 112 cm³/mol. The van der Waals surface area contributed by atoms with E-state index in [1.54, 1.807) is 0 Å². The molecule has 0 saturated carbocycles. The van der Waals surface area contributed by atoms with Crippen LogP contribution in [0.3, 0.4) is 0 Å². The van der Waals surface area contributed by atoms with Crippen molar-refractivity contribution in [2.75, 3.05) is 13.1 Å². The van der Waals surface area contributed by atoms with Gasteiger partial charge in [-0.05, 0) is 30.5 Å². The topological polar surface area (TPSA) is 118 Å². The summed E-state index contributed by atoms with van der Waals surface area (Å²) in [5.74, 6) is -3.26. The number of nitro benzene ring substituents is 1. The van der Waals surface area contributed by atoms with Crippen LogP contribution in [0.5, 0.6) is 0 Å². The number of quaternary nitrogens is 1. The van der Waals surface area contributed by atoms with Gasteiger partial charge in [-0.2, -0.15) is 22.4 Å². The standard InChI is InChI=1S/C22H20F4N2O6/c1-21(19(29)30)9-15(13-2-3-14(18(23)8-13)10-22(24,25)26)11-28(12-21,20(31)32)17-6-4-16(5-7-17)27(33)34/h2-8,15H,9-12H2,1H3,(H-,29,30,31,32)/p+1. The molecule has 1 saturated heterocycles. The maximum atomic E-state index is 14.5. The van der Waals surface area contributed by atoms with Gasteiger partial charge in [-0.15, -0.1) is 0 Å². The van der Waals surface area contributed by atoms with Crippen molar-refractivity contribution in [3.63, 3.8) is 0 Å². The third-order valence-corrected chi connectivity index (χ3v) is 6.22. The van der Waals surface area contributed by atoms with E-state index in [4.69, 9.17) is 0 Å². The number of piperidine rings is 1. The largest absolute Gasteiger partial charge is 0.518 e. The zero-order valence-electron chi connectivity index (χ0n) is 17.9. The Kier molecular flexibility index (Phi) is 6.40. The van der Waals surface area contributed by atoms with E-state index in [0.29, 0.717) is 0 Å². The molecule has 3 rings (SSSR count). The molecule has 2 N–H and O–H groups in total. The Labute approximate surface area is 190 Å². The molecule has 3 atom stereocenters. The Hall–Kier alpha value is -3.54. The number of hydrogen-bond acceptors (Lipinski definition) is 4. The van der Waals surface area contributed by atoms with Crippen LogP contribution in [-0.4, -0.2) is 46.5 Å². The normalized spacial score (nSPS) is 25.0. The zero-order chi connectivity index (χ0) is 25.5. The lowest BCUT2D eigenvalue weighted by molar-refractivity contribution is -0.384. The molecule has 0 aromatic heterocycles. The van der Waals surface area contributed by atoms with Crippen molar-refractivity contribution in [2.45, 2.75) is 31.9 Å². The first kappa shape index (κ1) is 25.1. The van der Waals surface area contributed by atoms with Gasteiger partial charge in [0.05, 0.1) is 11.3 Å². The number of aliphatic carboxylic acids is 1. The third kappa shape index (κ3) is 4.86. The first-order chi connectivity index (χ1) is 15.7. The smallest absolute Gasteiger partial charge is 0.481 e. The fourth-order valence-electron chi connectivity index (χ4n) is 4.58. The number of amides is 1. The highest BCUT2D eigenvalue weighted by atomic mass is 19.4. The highest BCUT2D eigenvalue weighted by Gasteiger charge is 2.56. The molecule has 34 heavy (non-hydrogen) atoms. The molecule has 8 nitrogen and oxygen atoms in total. The molecule has 12 heteroatoms. The summed E-state index contributed by atoms with van der Waals surface area (Å²) in [7, 11) is 0. The zero-order valence-corrected chi connectivity index (χ0v) is 17.9. The first-order valence-electron chi connectivity index (χ1n) is 10.1. The van der Waals surface area contributed by atoms with Crippen LogP contribution in [-0.2, 0) is 11.2 Å². The predicted octanol–water partition coefficient (Wildman–Crippen LogP) is 5.10. The van der Waals surface area contributed by atoms with Gasteiger partial charge in [0.25, 0.3) is 5.69 Å². The number of carboxylic acids is 1. The summed E-state index contributed by atoms with van der Waals surface area (Å²) in [6.07, 6.45) is -7.60. The highest BCUT2D eigenvalue weighted by molar-refractivity contribution is 5.84. The van der Waals surface area contributed by atoms with Crippen LogP contribution in [0.25, 0.3) is 0 Å². The minimum Gasteiger partial charge on any atom is -0.481 e. The molecule has 3 unspecified atom stereocenters. The van der Waals surface area contributed by atoms with E-state index in [-0.39, 0.29) is 36.4 Å². The lowest BCUT2D eigenvalue weighted by atomic mass is 9.73. The molecule has 0 aliphatic carbocycles. The van der Waals surface area contributed by atoms with Crippen molar-refractivity contribution in [1.82, 2.24) is 4.48 Å². The summed E-state index contributed by atoms with van der Waals surface area (Å²) in [6, 6.07) is 7.75. The minimum absolute atomic E-state index is 0.0827. The van der Waals surface area contributed by atoms with Gasteiger partial charge in [-0.25, -0.2) is 4.39 Å². The molecule has 2 aromatic rings. The fraction of sp³-hybridized carbons (Fsp3) is 0.364. The van der Waals surface area contributed by atoms with Gasteiger partial charge in [0.2, 0.25) is 0 Å². The molecule has 182 valence electrons. The Balaban J connectivity index is 2.09. The number of nitrogens with zero attached hydrogens (tertiary/aromatic N) is 2. The second kappa shape index (κ2) is 8.67. The van der Waals surface area contributed by atoms with Crippen molar-refractivity contribution in [2.24, 2.45) is 5.41 Å². The van der Waals surface area contributed by atoms with Gasteiger partial charge in [0, 0.05) is 30.2 Å².